The number of carbonyl (C=O) groups is 2. The van der Waals surface area contributed by atoms with E-state index in [-0.39, 0.29) is 31.0 Å². The zero-order valence-electron chi connectivity index (χ0n) is 16.5. The molecule has 0 saturated carbocycles. The van der Waals surface area contributed by atoms with Crippen molar-refractivity contribution in [3.63, 3.8) is 0 Å². The molecule has 1 aliphatic rings. The van der Waals surface area contributed by atoms with Gasteiger partial charge in [-0.25, -0.2) is 4.79 Å². The van der Waals surface area contributed by atoms with Crippen molar-refractivity contribution in [2.45, 2.75) is 25.6 Å². The highest BCUT2D eigenvalue weighted by Gasteiger charge is 2.23. The second-order valence-corrected chi connectivity index (χ2v) is 7.02. The smallest absolute Gasteiger partial charge is 0.375 e. The minimum absolute atomic E-state index is 0.0294. The Hall–Kier alpha value is -3.32. The fourth-order valence-corrected chi connectivity index (χ4v) is 3.36. The standard InChI is InChI=1S/C23H23NO6/c25-21(24-13-17-9-6-12-27-17)15-29-23(26)22-19(14-28-16-7-2-1-3-8-16)18-10-4-5-11-20(18)30-22/h1-5,7-8,10-11,17H,6,9,12-15H2,(H,24,25)/t17-/m0/s1. The van der Waals surface area contributed by atoms with E-state index in [1.54, 1.807) is 6.07 Å². The molecule has 4 rings (SSSR count). The highest BCUT2D eigenvalue weighted by molar-refractivity contribution is 5.96. The van der Waals surface area contributed by atoms with Gasteiger partial charge in [0.2, 0.25) is 5.76 Å². The normalized spacial score (nSPS) is 15.8. The third kappa shape index (κ3) is 4.80. The third-order valence-electron chi connectivity index (χ3n) is 4.90. The van der Waals surface area contributed by atoms with E-state index in [0.717, 1.165) is 24.8 Å². The van der Waals surface area contributed by atoms with Crippen LogP contribution in [0.1, 0.15) is 29.0 Å². The molecular formula is C23H23NO6. The molecule has 0 unspecified atom stereocenters. The average Bonchev–Trinajstić information content (AvgIpc) is 3.43. The summed E-state index contributed by atoms with van der Waals surface area (Å²) in [5, 5.41) is 3.49. The van der Waals surface area contributed by atoms with E-state index in [4.69, 9.17) is 18.6 Å². The van der Waals surface area contributed by atoms with Crippen LogP contribution in [-0.4, -0.2) is 37.7 Å². The van der Waals surface area contributed by atoms with Gasteiger partial charge in [-0.05, 0) is 31.0 Å². The van der Waals surface area contributed by atoms with Gasteiger partial charge in [-0.1, -0.05) is 36.4 Å². The number of carbonyl (C=O) groups excluding carboxylic acids is 2. The van der Waals surface area contributed by atoms with E-state index in [0.29, 0.717) is 23.4 Å². The van der Waals surface area contributed by atoms with Crippen LogP contribution in [0.3, 0.4) is 0 Å². The highest BCUT2D eigenvalue weighted by Crippen LogP contribution is 2.28. The molecule has 0 aliphatic carbocycles. The van der Waals surface area contributed by atoms with Gasteiger partial charge < -0.3 is 23.9 Å². The molecule has 1 saturated heterocycles. The second kappa shape index (κ2) is 9.45. The van der Waals surface area contributed by atoms with Crippen molar-refractivity contribution in [1.29, 1.82) is 0 Å². The molecule has 0 bridgehead atoms. The van der Waals surface area contributed by atoms with Gasteiger partial charge in [-0.3, -0.25) is 4.79 Å². The number of hydrogen-bond acceptors (Lipinski definition) is 6. The van der Waals surface area contributed by atoms with Gasteiger partial charge in [0.1, 0.15) is 17.9 Å². The summed E-state index contributed by atoms with van der Waals surface area (Å²) in [5.74, 6) is -0.364. The maximum absolute atomic E-state index is 12.6. The highest BCUT2D eigenvalue weighted by atomic mass is 16.5. The summed E-state index contributed by atoms with van der Waals surface area (Å²) in [6.07, 6.45) is 1.95. The predicted molar refractivity (Wildman–Crippen MR) is 109 cm³/mol. The van der Waals surface area contributed by atoms with Crippen molar-refractivity contribution in [1.82, 2.24) is 5.32 Å². The molecule has 0 spiro atoms. The van der Waals surface area contributed by atoms with Gasteiger partial charge in [-0.15, -0.1) is 0 Å². The fraction of sp³-hybridized carbons (Fsp3) is 0.304. The van der Waals surface area contributed by atoms with Crippen LogP contribution in [0.5, 0.6) is 5.75 Å². The van der Waals surface area contributed by atoms with Crippen LogP contribution in [0.4, 0.5) is 0 Å². The van der Waals surface area contributed by atoms with Crippen molar-refractivity contribution >= 4 is 22.8 Å². The minimum Gasteiger partial charge on any atom is -0.489 e. The van der Waals surface area contributed by atoms with Crippen LogP contribution in [-0.2, 0) is 20.9 Å². The molecule has 2 heterocycles. The van der Waals surface area contributed by atoms with Gasteiger partial charge in [-0.2, -0.15) is 0 Å². The Labute approximate surface area is 173 Å². The Bertz CT molecular complexity index is 1010. The Balaban J connectivity index is 1.41. The molecule has 1 fully saturated rings. The number of para-hydroxylation sites is 2. The molecular weight excluding hydrogens is 386 g/mol. The number of rotatable bonds is 8. The Morgan fingerprint density at radius 2 is 1.87 bits per heavy atom. The van der Waals surface area contributed by atoms with Gasteiger partial charge >= 0.3 is 5.97 Å². The summed E-state index contributed by atoms with van der Waals surface area (Å²) < 4.78 is 22.2. The molecule has 1 N–H and O–H groups in total. The number of ether oxygens (including phenoxy) is 3. The molecule has 1 amide bonds. The minimum atomic E-state index is -0.704. The van der Waals surface area contributed by atoms with Crippen LogP contribution >= 0.6 is 0 Å². The summed E-state index contributed by atoms with van der Waals surface area (Å²) in [6.45, 7) is 0.880. The van der Waals surface area contributed by atoms with Gasteiger partial charge in [0.05, 0.1) is 11.7 Å². The largest absolute Gasteiger partial charge is 0.489 e. The summed E-state index contributed by atoms with van der Waals surface area (Å²) in [4.78, 5) is 24.6. The van der Waals surface area contributed by atoms with Crippen LogP contribution in [0.2, 0.25) is 0 Å². The third-order valence-corrected chi connectivity index (χ3v) is 4.90. The van der Waals surface area contributed by atoms with Crippen LogP contribution in [0.15, 0.2) is 59.0 Å². The average molecular weight is 409 g/mol. The second-order valence-electron chi connectivity index (χ2n) is 7.02. The van der Waals surface area contributed by atoms with E-state index in [9.17, 15) is 9.59 Å². The van der Waals surface area contributed by atoms with E-state index in [1.165, 1.54) is 0 Å². The van der Waals surface area contributed by atoms with Gasteiger partial charge in [0.25, 0.3) is 5.91 Å². The zero-order chi connectivity index (χ0) is 20.8. The molecule has 1 aromatic heterocycles. The first-order valence-corrected chi connectivity index (χ1v) is 9.94. The maximum Gasteiger partial charge on any atom is 0.375 e. The Kier molecular flexibility index (Phi) is 6.29. The number of esters is 1. The Morgan fingerprint density at radius 3 is 2.67 bits per heavy atom. The van der Waals surface area contributed by atoms with Crippen LogP contribution in [0.25, 0.3) is 11.0 Å². The molecule has 0 radical (unpaired) electrons. The molecule has 1 aliphatic heterocycles. The zero-order valence-corrected chi connectivity index (χ0v) is 16.5. The number of benzene rings is 2. The lowest BCUT2D eigenvalue weighted by Gasteiger charge is -2.11. The molecule has 156 valence electrons. The van der Waals surface area contributed by atoms with Crippen molar-refractivity contribution in [3.8, 4) is 5.75 Å². The van der Waals surface area contributed by atoms with Gasteiger partial charge in [0.15, 0.2) is 6.61 Å². The molecule has 30 heavy (non-hydrogen) atoms. The number of hydrogen-bond donors (Lipinski definition) is 1. The first-order valence-electron chi connectivity index (χ1n) is 9.94. The molecule has 2 aromatic carbocycles. The van der Waals surface area contributed by atoms with E-state index < -0.39 is 5.97 Å². The van der Waals surface area contributed by atoms with E-state index in [1.807, 2.05) is 48.5 Å². The lowest BCUT2D eigenvalue weighted by molar-refractivity contribution is -0.124. The number of fused-ring (bicyclic) bond motifs is 1. The molecule has 7 nitrogen and oxygen atoms in total. The summed E-state index contributed by atoms with van der Waals surface area (Å²) in [6, 6.07) is 16.6. The Morgan fingerprint density at radius 1 is 1.07 bits per heavy atom. The van der Waals surface area contributed by atoms with Gasteiger partial charge in [0, 0.05) is 18.5 Å². The number of amides is 1. The van der Waals surface area contributed by atoms with Crippen molar-refractivity contribution in [2.75, 3.05) is 19.8 Å². The van der Waals surface area contributed by atoms with Crippen LogP contribution in [0, 0.1) is 0 Å². The lowest BCUT2D eigenvalue weighted by atomic mass is 10.1. The topological polar surface area (TPSA) is 87.0 Å². The SMILES string of the molecule is O=C(COC(=O)c1oc2ccccc2c1COc1ccccc1)NC[C@@H]1CCCO1. The first kappa shape index (κ1) is 20.0. The number of nitrogens with one attached hydrogen (secondary N) is 1. The summed E-state index contributed by atoms with van der Waals surface area (Å²) >= 11 is 0. The van der Waals surface area contributed by atoms with Crippen molar-refractivity contribution in [2.24, 2.45) is 0 Å². The fourth-order valence-electron chi connectivity index (χ4n) is 3.36. The molecule has 7 heteroatoms. The molecule has 1 atom stereocenters. The first-order chi connectivity index (χ1) is 14.7. The quantitative estimate of drug-likeness (QED) is 0.574. The molecule has 3 aromatic rings. The summed E-state index contributed by atoms with van der Waals surface area (Å²) in [5.41, 5.74) is 1.14. The maximum atomic E-state index is 12.6. The summed E-state index contributed by atoms with van der Waals surface area (Å²) in [7, 11) is 0. The van der Waals surface area contributed by atoms with Crippen molar-refractivity contribution < 1.29 is 28.2 Å². The number of furan rings is 1. The predicted octanol–water partition coefficient (Wildman–Crippen LogP) is 3.46. The van der Waals surface area contributed by atoms with E-state index in [2.05, 4.69) is 5.32 Å². The van der Waals surface area contributed by atoms with E-state index >= 15 is 0 Å². The van der Waals surface area contributed by atoms with Crippen LogP contribution < -0.4 is 10.1 Å². The monoisotopic (exact) mass is 409 g/mol. The lowest BCUT2D eigenvalue weighted by Crippen LogP contribution is -2.34. The van der Waals surface area contributed by atoms with Crippen molar-refractivity contribution in [3.05, 3.63) is 65.9 Å².